The molecule has 0 N–H and O–H groups in total. The lowest BCUT2D eigenvalue weighted by molar-refractivity contribution is -0.124. The quantitative estimate of drug-likeness (QED) is 0.249. The van der Waals surface area contributed by atoms with E-state index >= 15 is 0 Å². The highest BCUT2D eigenvalue weighted by molar-refractivity contribution is 8.18. The Balaban J connectivity index is 1.43. The maximum Gasteiger partial charge on any atom is 0.267 e. The van der Waals surface area contributed by atoms with E-state index in [1.54, 1.807) is 0 Å². The molecule has 0 unspecified atom stereocenters. The highest BCUT2D eigenvalue weighted by Gasteiger charge is 2.41. The summed E-state index contributed by atoms with van der Waals surface area (Å²) in [6.45, 7) is 5.24. The van der Waals surface area contributed by atoms with Gasteiger partial charge in [0.1, 0.15) is 0 Å². The largest absolute Gasteiger partial charge is 0.340 e. The molecular formula is C33H33N3OS. The summed E-state index contributed by atoms with van der Waals surface area (Å²) >= 11 is 1.52. The third-order valence-electron chi connectivity index (χ3n) is 7.95. The molecule has 1 saturated carbocycles. The van der Waals surface area contributed by atoms with E-state index in [4.69, 9.17) is 4.99 Å². The van der Waals surface area contributed by atoms with Gasteiger partial charge in [0.2, 0.25) is 0 Å². The number of thioether (sulfide) groups is 1. The number of fused-ring (bicyclic) bond motifs is 1. The molecule has 2 atom stereocenters. The van der Waals surface area contributed by atoms with Crippen LogP contribution in [0.3, 0.4) is 0 Å². The number of para-hydroxylation sites is 2. The number of carbonyl (C=O) groups excluding carboxylic acids is 1. The molecule has 38 heavy (non-hydrogen) atoms. The third kappa shape index (κ3) is 4.71. The van der Waals surface area contributed by atoms with Crippen LogP contribution in [0.1, 0.15) is 49.4 Å². The fourth-order valence-corrected chi connectivity index (χ4v) is 6.92. The Bertz CT molecular complexity index is 1520. The number of aromatic nitrogens is 1. The highest BCUT2D eigenvalue weighted by atomic mass is 32.2. The minimum absolute atomic E-state index is 0.0859. The van der Waals surface area contributed by atoms with Crippen LogP contribution in [-0.4, -0.2) is 26.6 Å². The van der Waals surface area contributed by atoms with Gasteiger partial charge >= 0.3 is 0 Å². The van der Waals surface area contributed by atoms with Crippen molar-refractivity contribution in [2.45, 2.75) is 52.1 Å². The van der Waals surface area contributed by atoms with Crippen LogP contribution in [0, 0.1) is 12.8 Å². The average molecular weight is 520 g/mol. The number of rotatable bonds is 5. The van der Waals surface area contributed by atoms with Crippen molar-refractivity contribution in [2.75, 3.05) is 0 Å². The summed E-state index contributed by atoms with van der Waals surface area (Å²) in [4.78, 5) is 21.8. The number of aliphatic imine (C=N–C) groups is 1. The van der Waals surface area contributed by atoms with Crippen molar-refractivity contribution < 1.29 is 4.79 Å². The van der Waals surface area contributed by atoms with Gasteiger partial charge in [0.25, 0.3) is 5.91 Å². The monoisotopic (exact) mass is 519 g/mol. The molecule has 0 radical (unpaired) electrons. The molecule has 1 aromatic heterocycles. The van der Waals surface area contributed by atoms with E-state index in [-0.39, 0.29) is 11.9 Å². The van der Waals surface area contributed by atoms with E-state index in [0.717, 1.165) is 47.1 Å². The molecule has 1 saturated heterocycles. The van der Waals surface area contributed by atoms with Gasteiger partial charge in [0.05, 0.1) is 10.6 Å². The minimum atomic E-state index is 0.0859. The Morgan fingerprint density at radius 2 is 1.61 bits per heavy atom. The standard InChI is InChI=1S/C33H33N3OS/c1-23-13-9-11-19-29(23)36-32(37)31(38-33(36)34-26-16-7-4-8-17-26)21-28-24(2)35(22-25-14-5-3-6-15-25)30-20-12-10-18-27(28)30/h3-8,10,12,14-18,20-21,23,29H,9,11,13,19,22H2,1-2H3/b31-21-,34-33?/t23-,29-/m0/s1. The Kier molecular flexibility index (Phi) is 6.94. The van der Waals surface area contributed by atoms with Crippen molar-refractivity contribution in [1.29, 1.82) is 0 Å². The normalized spacial score (nSPS) is 22.2. The molecule has 1 aliphatic heterocycles. The summed E-state index contributed by atoms with van der Waals surface area (Å²) in [6.07, 6.45) is 6.70. The van der Waals surface area contributed by atoms with Crippen LogP contribution in [0.2, 0.25) is 0 Å². The van der Waals surface area contributed by atoms with Crippen LogP contribution in [-0.2, 0) is 11.3 Å². The SMILES string of the molecule is Cc1c(/C=C2\SC(=Nc3ccccc3)N([C@H]3CCCC[C@@H]3C)C2=O)c2ccccc2n1Cc1ccccc1. The molecule has 4 aromatic rings. The van der Waals surface area contributed by atoms with Gasteiger partial charge in [-0.3, -0.25) is 9.69 Å². The molecule has 3 aromatic carbocycles. The van der Waals surface area contributed by atoms with Gasteiger partial charge in [0, 0.05) is 34.7 Å². The van der Waals surface area contributed by atoms with Crippen molar-refractivity contribution in [2.24, 2.45) is 10.9 Å². The predicted octanol–water partition coefficient (Wildman–Crippen LogP) is 8.18. The summed E-state index contributed by atoms with van der Waals surface area (Å²) in [6, 6.07) is 29.3. The maximum atomic E-state index is 14.0. The van der Waals surface area contributed by atoms with Crippen molar-refractivity contribution in [3.05, 3.63) is 107 Å². The Morgan fingerprint density at radius 3 is 2.37 bits per heavy atom. The molecule has 2 aliphatic rings. The van der Waals surface area contributed by atoms with E-state index in [9.17, 15) is 4.79 Å². The fraction of sp³-hybridized carbons (Fsp3) is 0.273. The number of hydrogen-bond acceptors (Lipinski definition) is 3. The molecule has 192 valence electrons. The first-order chi connectivity index (χ1) is 18.6. The van der Waals surface area contributed by atoms with Crippen LogP contribution < -0.4 is 0 Å². The zero-order valence-electron chi connectivity index (χ0n) is 22.0. The summed E-state index contributed by atoms with van der Waals surface area (Å²) in [7, 11) is 0. The van der Waals surface area contributed by atoms with Crippen LogP contribution in [0.4, 0.5) is 5.69 Å². The summed E-state index contributed by atoms with van der Waals surface area (Å²) in [5.74, 6) is 0.547. The molecule has 4 nitrogen and oxygen atoms in total. The van der Waals surface area contributed by atoms with E-state index in [0.29, 0.717) is 5.92 Å². The summed E-state index contributed by atoms with van der Waals surface area (Å²) in [5.41, 5.74) is 5.61. The maximum absolute atomic E-state index is 14.0. The first kappa shape index (κ1) is 24.7. The molecule has 0 bridgehead atoms. The lowest BCUT2D eigenvalue weighted by Gasteiger charge is -2.35. The fourth-order valence-electron chi connectivity index (χ4n) is 5.89. The lowest BCUT2D eigenvalue weighted by Crippen LogP contribution is -2.44. The highest BCUT2D eigenvalue weighted by Crippen LogP contribution is 2.41. The van der Waals surface area contributed by atoms with Gasteiger partial charge in [-0.2, -0.15) is 0 Å². The molecule has 5 heteroatoms. The molecule has 1 amide bonds. The number of hydrogen-bond donors (Lipinski definition) is 0. The van der Waals surface area contributed by atoms with Crippen molar-refractivity contribution in [3.63, 3.8) is 0 Å². The van der Waals surface area contributed by atoms with E-state index in [1.807, 2.05) is 35.2 Å². The molecule has 2 heterocycles. The molecule has 1 aliphatic carbocycles. The second-order valence-electron chi connectivity index (χ2n) is 10.4. The van der Waals surface area contributed by atoms with E-state index in [2.05, 4.69) is 79.1 Å². The van der Waals surface area contributed by atoms with Gasteiger partial charge < -0.3 is 4.57 Å². The molecule has 0 spiro atoms. The Labute approximate surface area is 229 Å². The van der Waals surface area contributed by atoms with Gasteiger partial charge in [-0.05, 0) is 67.3 Å². The number of nitrogens with zero attached hydrogens (tertiary/aromatic N) is 3. The second kappa shape index (κ2) is 10.7. The number of carbonyl (C=O) groups is 1. The Morgan fingerprint density at radius 1 is 0.921 bits per heavy atom. The van der Waals surface area contributed by atoms with E-state index < -0.39 is 0 Å². The topological polar surface area (TPSA) is 37.6 Å². The number of benzene rings is 3. The third-order valence-corrected chi connectivity index (χ3v) is 8.94. The molecular weight excluding hydrogens is 486 g/mol. The van der Waals surface area contributed by atoms with Crippen molar-refractivity contribution in [3.8, 4) is 0 Å². The van der Waals surface area contributed by atoms with Crippen LogP contribution >= 0.6 is 11.8 Å². The van der Waals surface area contributed by atoms with Crippen LogP contribution in [0.25, 0.3) is 17.0 Å². The van der Waals surface area contributed by atoms with Gasteiger partial charge in [0.15, 0.2) is 5.17 Å². The number of amides is 1. The zero-order valence-corrected chi connectivity index (χ0v) is 22.8. The first-order valence-corrected chi connectivity index (χ1v) is 14.4. The van der Waals surface area contributed by atoms with Crippen molar-refractivity contribution in [1.82, 2.24) is 9.47 Å². The van der Waals surface area contributed by atoms with Crippen molar-refractivity contribution >= 4 is 45.5 Å². The number of amidine groups is 1. The second-order valence-corrected chi connectivity index (χ2v) is 11.4. The smallest absolute Gasteiger partial charge is 0.267 e. The minimum Gasteiger partial charge on any atom is -0.340 e. The molecule has 2 fully saturated rings. The van der Waals surface area contributed by atoms with Gasteiger partial charge in [-0.15, -0.1) is 0 Å². The first-order valence-electron chi connectivity index (χ1n) is 13.6. The zero-order chi connectivity index (χ0) is 26.1. The van der Waals surface area contributed by atoms with E-state index in [1.165, 1.54) is 40.3 Å². The van der Waals surface area contributed by atoms with Crippen LogP contribution in [0.5, 0.6) is 0 Å². The summed E-state index contributed by atoms with van der Waals surface area (Å²) < 4.78 is 2.36. The van der Waals surface area contributed by atoms with Gasteiger partial charge in [-0.25, -0.2) is 4.99 Å². The molecule has 6 rings (SSSR count). The van der Waals surface area contributed by atoms with Crippen LogP contribution in [0.15, 0.2) is 94.8 Å². The average Bonchev–Trinajstić information content (AvgIpc) is 3.39. The summed E-state index contributed by atoms with van der Waals surface area (Å²) in [5, 5.41) is 1.98. The van der Waals surface area contributed by atoms with Gasteiger partial charge in [-0.1, -0.05) is 86.5 Å². The lowest BCUT2D eigenvalue weighted by atomic mass is 9.85. The predicted molar refractivity (Wildman–Crippen MR) is 160 cm³/mol. The Hall–Kier alpha value is -3.57.